The Bertz CT molecular complexity index is 446. The number of nitrogens with zero attached hydrogens (tertiary/aromatic N) is 3. The Morgan fingerprint density at radius 1 is 1.58 bits per heavy atom. The van der Waals surface area contributed by atoms with Gasteiger partial charge in [-0.05, 0) is 0 Å². The highest BCUT2D eigenvalue weighted by molar-refractivity contribution is 8.93. The van der Waals surface area contributed by atoms with E-state index >= 15 is 0 Å². The molecule has 0 spiro atoms. The zero-order valence-electron chi connectivity index (χ0n) is 6.31. The lowest BCUT2D eigenvalue weighted by Crippen LogP contribution is -2.09. The van der Waals surface area contributed by atoms with Gasteiger partial charge in [0, 0.05) is 7.05 Å². The van der Waals surface area contributed by atoms with Gasteiger partial charge in [0.25, 0.3) is 5.56 Å². The molecule has 2 aromatic rings. The number of fused-ring (bicyclic) bond motifs is 1. The van der Waals surface area contributed by atoms with Crippen LogP contribution in [0.5, 0.6) is 0 Å². The summed E-state index contributed by atoms with van der Waals surface area (Å²) in [6.07, 6.45) is 3.11. The smallest absolute Gasteiger partial charge is 0.290 e. The quantitative estimate of drug-likeness (QED) is 0.706. The van der Waals surface area contributed by atoms with Gasteiger partial charge in [-0.3, -0.25) is 4.79 Å². The second-order valence-electron chi connectivity index (χ2n) is 2.29. The van der Waals surface area contributed by atoms with Crippen molar-refractivity contribution < 1.29 is 0 Å². The van der Waals surface area contributed by atoms with Crippen LogP contribution in [0.2, 0.25) is 0 Å². The number of nitrogens with one attached hydrogen (secondary N) is 1. The maximum Gasteiger partial charge on any atom is 0.290 e. The van der Waals surface area contributed by atoms with Gasteiger partial charge in [-0.2, -0.15) is 5.10 Å². The molecule has 2 heterocycles. The van der Waals surface area contributed by atoms with Crippen LogP contribution in [0.4, 0.5) is 0 Å². The average molecular weight is 231 g/mol. The molecule has 0 saturated carbocycles. The molecular weight excluding hydrogens is 224 g/mol. The molecule has 0 aromatic carbocycles. The summed E-state index contributed by atoms with van der Waals surface area (Å²) in [5, 5.41) is 5.95. The van der Waals surface area contributed by atoms with Crippen LogP contribution in [0.15, 0.2) is 17.3 Å². The minimum atomic E-state index is -0.206. The molecule has 0 saturated heterocycles. The average Bonchev–Trinajstić information content (AvgIpc) is 2.34. The molecule has 0 aliphatic rings. The highest BCUT2D eigenvalue weighted by Gasteiger charge is 2.01. The van der Waals surface area contributed by atoms with Gasteiger partial charge in [-0.1, -0.05) is 0 Å². The highest BCUT2D eigenvalue weighted by atomic mass is 79.9. The molecule has 2 aromatic heterocycles. The molecule has 0 aliphatic heterocycles. The van der Waals surface area contributed by atoms with Crippen LogP contribution in [0, 0.1) is 0 Å². The van der Waals surface area contributed by atoms with Gasteiger partial charge in [-0.15, -0.1) is 17.0 Å². The van der Waals surface area contributed by atoms with Crippen LogP contribution in [0.3, 0.4) is 0 Å². The Hall–Kier alpha value is -1.17. The monoisotopic (exact) mass is 230 g/mol. The van der Waals surface area contributed by atoms with Gasteiger partial charge >= 0.3 is 0 Å². The molecule has 5 nitrogen and oxygen atoms in total. The van der Waals surface area contributed by atoms with E-state index in [1.54, 1.807) is 17.9 Å². The van der Waals surface area contributed by atoms with Crippen molar-refractivity contribution in [1.29, 1.82) is 0 Å². The fraction of sp³-hybridized carbons (Fsp3) is 0.167. The van der Waals surface area contributed by atoms with Crippen molar-refractivity contribution in [2.24, 2.45) is 7.05 Å². The van der Waals surface area contributed by atoms with Gasteiger partial charge in [0.2, 0.25) is 0 Å². The Labute approximate surface area is 78.2 Å². The molecule has 0 unspecified atom stereocenters. The van der Waals surface area contributed by atoms with Crippen molar-refractivity contribution in [3.63, 3.8) is 0 Å². The molecule has 12 heavy (non-hydrogen) atoms. The first-order valence-electron chi connectivity index (χ1n) is 3.14. The summed E-state index contributed by atoms with van der Waals surface area (Å²) < 4.78 is 1.66. The third-order valence-electron chi connectivity index (χ3n) is 1.53. The molecule has 6 heteroatoms. The van der Waals surface area contributed by atoms with E-state index in [0.717, 1.165) is 0 Å². The van der Waals surface area contributed by atoms with Gasteiger partial charge < -0.3 is 4.57 Å². The number of aromatic nitrogens is 4. The Kier molecular flexibility index (Phi) is 2.27. The lowest BCUT2D eigenvalue weighted by atomic mass is 10.5. The van der Waals surface area contributed by atoms with Crippen molar-refractivity contribution in [3.05, 3.63) is 22.9 Å². The summed E-state index contributed by atoms with van der Waals surface area (Å²) >= 11 is 0. The fourth-order valence-electron chi connectivity index (χ4n) is 1.02. The Morgan fingerprint density at radius 3 is 3.00 bits per heavy atom. The summed E-state index contributed by atoms with van der Waals surface area (Å²) in [6.45, 7) is 0. The zero-order valence-corrected chi connectivity index (χ0v) is 8.03. The summed E-state index contributed by atoms with van der Waals surface area (Å²) in [5.74, 6) is 0. The topological polar surface area (TPSA) is 63.6 Å². The van der Waals surface area contributed by atoms with E-state index in [4.69, 9.17) is 0 Å². The van der Waals surface area contributed by atoms with E-state index in [0.29, 0.717) is 11.0 Å². The van der Waals surface area contributed by atoms with Crippen LogP contribution < -0.4 is 5.56 Å². The van der Waals surface area contributed by atoms with Gasteiger partial charge in [-0.25, -0.2) is 10.1 Å². The predicted molar refractivity (Wildman–Crippen MR) is 49.5 cm³/mol. The van der Waals surface area contributed by atoms with E-state index in [1.165, 1.54) is 6.20 Å². The standard InChI is InChI=1S/C6H6N4O.BrH/c1-10-3-7-4-2-8-9-6(11)5(4)10;/h2-3H,1H3,(H,9,11);1H. The summed E-state index contributed by atoms with van der Waals surface area (Å²) in [4.78, 5) is 15.0. The third kappa shape index (κ3) is 1.14. The van der Waals surface area contributed by atoms with Crippen molar-refractivity contribution in [3.8, 4) is 0 Å². The third-order valence-corrected chi connectivity index (χ3v) is 1.53. The predicted octanol–water partition coefficient (Wildman–Crippen LogP) is 0.234. The summed E-state index contributed by atoms with van der Waals surface area (Å²) in [7, 11) is 1.77. The molecule has 0 amide bonds. The van der Waals surface area contributed by atoms with E-state index in [9.17, 15) is 4.79 Å². The lowest BCUT2D eigenvalue weighted by molar-refractivity contribution is 0.925. The van der Waals surface area contributed by atoms with Gasteiger partial charge in [0.15, 0.2) is 0 Å². The fourth-order valence-corrected chi connectivity index (χ4v) is 1.02. The van der Waals surface area contributed by atoms with Crippen molar-refractivity contribution in [2.45, 2.75) is 0 Å². The number of H-pyrrole nitrogens is 1. The molecule has 1 N–H and O–H groups in total. The van der Waals surface area contributed by atoms with Crippen LogP contribution in [-0.4, -0.2) is 19.7 Å². The molecule has 0 bridgehead atoms. The van der Waals surface area contributed by atoms with Gasteiger partial charge in [0.1, 0.15) is 11.0 Å². The minimum Gasteiger partial charge on any atom is -0.329 e. The number of hydrogen-bond acceptors (Lipinski definition) is 3. The van der Waals surface area contributed by atoms with E-state index in [-0.39, 0.29) is 22.5 Å². The lowest BCUT2D eigenvalue weighted by Gasteiger charge is -1.89. The normalized spacial score (nSPS) is 9.75. The molecule has 0 atom stereocenters. The first-order chi connectivity index (χ1) is 5.29. The Morgan fingerprint density at radius 2 is 2.33 bits per heavy atom. The maximum absolute atomic E-state index is 11.1. The van der Waals surface area contributed by atoms with Crippen LogP contribution in [0.1, 0.15) is 0 Å². The molecule has 0 radical (unpaired) electrons. The molecule has 2 rings (SSSR count). The first kappa shape index (κ1) is 8.92. The Balaban J connectivity index is 0.000000720. The number of halogens is 1. The largest absolute Gasteiger partial charge is 0.329 e. The van der Waals surface area contributed by atoms with E-state index in [2.05, 4.69) is 15.2 Å². The second kappa shape index (κ2) is 3.06. The van der Waals surface area contributed by atoms with E-state index < -0.39 is 0 Å². The van der Waals surface area contributed by atoms with E-state index in [1.807, 2.05) is 0 Å². The number of rotatable bonds is 0. The molecule has 0 aliphatic carbocycles. The van der Waals surface area contributed by atoms with Crippen molar-refractivity contribution in [2.75, 3.05) is 0 Å². The molecular formula is C6H7BrN4O. The van der Waals surface area contributed by atoms with Crippen LogP contribution in [0.25, 0.3) is 11.0 Å². The van der Waals surface area contributed by atoms with Crippen molar-refractivity contribution in [1.82, 2.24) is 19.7 Å². The SMILES string of the molecule is Br.Cn1cnc2cn[nH]c(=O)c21. The molecule has 64 valence electrons. The number of aryl methyl sites for hydroxylation is 1. The highest BCUT2D eigenvalue weighted by Crippen LogP contribution is 2.01. The van der Waals surface area contributed by atoms with Crippen molar-refractivity contribution >= 4 is 28.0 Å². The zero-order chi connectivity index (χ0) is 7.84. The second-order valence-corrected chi connectivity index (χ2v) is 2.29. The van der Waals surface area contributed by atoms with Crippen LogP contribution in [-0.2, 0) is 7.05 Å². The number of aromatic amines is 1. The molecule has 0 fully saturated rings. The number of imidazole rings is 1. The minimum absolute atomic E-state index is 0. The van der Waals surface area contributed by atoms with Gasteiger partial charge in [0.05, 0.1) is 12.5 Å². The first-order valence-corrected chi connectivity index (χ1v) is 3.14. The summed E-state index contributed by atoms with van der Waals surface area (Å²) in [6, 6.07) is 0. The number of hydrogen-bond donors (Lipinski definition) is 1. The van der Waals surface area contributed by atoms with Crippen LogP contribution >= 0.6 is 17.0 Å². The maximum atomic E-state index is 11.1. The summed E-state index contributed by atoms with van der Waals surface area (Å²) in [5.41, 5.74) is 0.971.